The minimum Gasteiger partial charge on any atom is -0.495 e. The molecule has 1 rings (SSSR count). The molecular weight excluding hydrogens is 285 g/mol. The number of methoxy groups -OCH3 is 1. The monoisotopic (exact) mass is 297 g/mol. The highest BCUT2D eigenvalue weighted by Crippen LogP contribution is 2.33. The molecule has 0 atom stereocenters. The van der Waals surface area contributed by atoms with E-state index in [4.69, 9.17) is 27.9 Å². The Labute approximate surface area is 111 Å². The van der Waals surface area contributed by atoms with E-state index in [1.165, 1.54) is 19.2 Å². The van der Waals surface area contributed by atoms with Crippen molar-refractivity contribution in [3.05, 3.63) is 22.2 Å². The van der Waals surface area contributed by atoms with Gasteiger partial charge in [-0.25, -0.2) is 13.1 Å². The van der Waals surface area contributed by atoms with Crippen molar-refractivity contribution < 1.29 is 13.2 Å². The van der Waals surface area contributed by atoms with Crippen LogP contribution in [0.3, 0.4) is 0 Å². The van der Waals surface area contributed by atoms with Gasteiger partial charge in [-0.15, -0.1) is 0 Å². The second-order valence-electron chi connectivity index (χ2n) is 3.31. The van der Waals surface area contributed by atoms with E-state index < -0.39 is 10.0 Å². The lowest BCUT2D eigenvalue weighted by atomic mass is 10.3. The Hall–Kier alpha value is -0.490. The SMILES string of the molecule is CCCNS(=O)(=O)c1cc(Cl)c(OC)cc1Cl. The summed E-state index contributed by atoms with van der Waals surface area (Å²) in [7, 11) is -2.19. The van der Waals surface area contributed by atoms with Gasteiger partial charge in [-0.1, -0.05) is 30.1 Å². The fraction of sp³-hybridized carbons (Fsp3) is 0.400. The summed E-state index contributed by atoms with van der Waals surface area (Å²) in [5.74, 6) is 0.339. The van der Waals surface area contributed by atoms with Crippen molar-refractivity contribution in [2.45, 2.75) is 18.2 Å². The van der Waals surface area contributed by atoms with Crippen molar-refractivity contribution in [3.8, 4) is 5.75 Å². The summed E-state index contributed by atoms with van der Waals surface area (Å²) in [6.07, 6.45) is 0.695. The molecule has 96 valence electrons. The predicted octanol–water partition coefficient (Wildman–Crippen LogP) is 2.69. The highest BCUT2D eigenvalue weighted by atomic mass is 35.5. The molecule has 17 heavy (non-hydrogen) atoms. The summed E-state index contributed by atoms with van der Waals surface area (Å²) < 4.78 is 31.1. The number of nitrogens with one attached hydrogen (secondary N) is 1. The van der Waals surface area contributed by atoms with Gasteiger partial charge in [-0.3, -0.25) is 0 Å². The molecular formula is C10H13Cl2NO3S. The number of hydrogen-bond donors (Lipinski definition) is 1. The second kappa shape index (κ2) is 5.91. The van der Waals surface area contributed by atoms with Crippen LogP contribution in [0.4, 0.5) is 0 Å². The fourth-order valence-corrected chi connectivity index (χ4v) is 3.17. The van der Waals surface area contributed by atoms with E-state index in [2.05, 4.69) is 4.72 Å². The van der Waals surface area contributed by atoms with Gasteiger partial charge in [0.05, 0.1) is 17.2 Å². The van der Waals surface area contributed by atoms with Gasteiger partial charge in [0.1, 0.15) is 10.6 Å². The van der Waals surface area contributed by atoms with E-state index >= 15 is 0 Å². The summed E-state index contributed by atoms with van der Waals surface area (Å²) >= 11 is 11.8. The number of rotatable bonds is 5. The van der Waals surface area contributed by atoms with Crippen LogP contribution in [0.2, 0.25) is 10.0 Å². The molecule has 0 radical (unpaired) electrons. The van der Waals surface area contributed by atoms with Gasteiger partial charge in [0.15, 0.2) is 0 Å². The molecule has 0 bridgehead atoms. The summed E-state index contributed by atoms with van der Waals surface area (Å²) in [6.45, 7) is 2.22. The van der Waals surface area contributed by atoms with Crippen LogP contribution in [0.5, 0.6) is 5.75 Å². The molecule has 0 aliphatic carbocycles. The van der Waals surface area contributed by atoms with E-state index in [1.807, 2.05) is 6.92 Å². The molecule has 1 N–H and O–H groups in total. The Bertz CT molecular complexity index is 503. The van der Waals surface area contributed by atoms with Gasteiger partial charge in [-0.2, -0.15) is 0 Å². The molecule has 0 aliphatic rings. The number of ether oxygens (including phenoxy) is 1. The van der Waals surface area contributed by atoms with Crippen LogP contribution in [0.25, 0.3) is 0 Å². The van der Waals surface area contributed by atoms with Crippen molar-refractivity contribution in [3.63, 3.8) is 0 Å². The molecule has 0 saturated carbocycles. The highest BCUT2D eigenvalue weighted by molar-refractivity contribution is 7.89. The molecule has 0 aromatic heterocycles. The third-order valence-corrected chi connectivity index (χ3v) is 4.26. The minimum atomic E-state index is -3.62. The van der Waals surface area contributed by atoms with Gasteiger partial charge in [0.25, 0.3) is 0 Å². The summed E-state index contributed by atoms with van der Waals surface area (Å²) in [5, 5.41) is 0.281. The molecule has 0 fully saturated rings. The average molecular weight is 298 g/mol. The third kappa shape index (κ3) is 3.48. The third-order valence-electron chi connectivity index (χ3n) is 2.04. The highest BCUT2D eigenvalue weighted by Gasteiger charge is 2.19. The molecule has 4 nitrogen and oxygen atoms in total. The zero-order valence-electron chi connectivity index (χ0n) is 9.46. The van der Waals surface area contributed by atoms with E-state index in [0.717, 1.165) is 0 Å². The van der Waals surface area contributed by atoms with Crippen molar-refractivity contribution >= 4 is 33.2 Å². The van der Waals surface area contributed by atoms with Crippen LogP contribution >= 0.6 is 23.2 Å². The van der Waals surface area contributed by atoms with Gasteiger partial charge < -0.3 is 4.74 Å². The van der Waals surface area contributed by atoms with Gasteiger partial charge in [0.2, 0.25) is 10.0 Å². The Kier molecular flexibility index (Phi) is 5.06. The van der Waals surface area contributed by atoms with Crippen LogP contribution in [-0.2, 0) is 10.0 Å². The molecule has 0 spiro atoms. The van der Waals surface area contributed by atoms with Crippen molar-refractivity contribution in [1.82, 2.24) is 4.72 Å². The predicted molar refractivity (Wildman–Crippen MR) is 68.5 cm³/mol. The largest absolute Gasteiger partial charge is 0.495 e. The quantitative estimate of drug-likeness (QED) is 0.909. The molecule has 0 amide bonds. The second-order valence-corrected chi connectivity index (χ2v) is 5.86. The minimum absolute atomic E-state index is 0.0431. The molecule has 7 heteroatoms. The maximum absolute atomic E-state index is 11.9. The Morgan fingerprint density at radius 2 is 1.94 bits per heavy atom. The van der Waals surface area contributed by atoms with Crippen LogP contribution < -0.4 is 9.46 Å². The summed E-state index contributed by atoms with van der Waals surface area (Å²) in [6, 6.07) is 2.66. The normalized spacial score (nSPS) is 11.5. The first kappa shape index (κ1) is 14.6. The first-order chi connectivity index (χ1) is 7.92. The lowest BCUT2D eigenvalue weighted by Gasteiger charge is -2.10. The van der Waals surface area contributed by atoms with Crippen LogP contribution in [0.15, 0.2) is 17.0 Å². The number of hydrogen-bond acceptors (Lipinski definition) is 3. The van der Waals surface area contributed by atoms with Crippen LogP contribution in [0.1, 0.15) is 13.3 Å². The fourth-order valence-electron chi connectivity index (χ4n) is 1.19. The maximum Gasteiger partial charge on any atom is 0.242 e. The Balaban J connectivity index is 3.19. The van der Waals surface area contributed by atoms with Crippen LogP contribution in [0, 0.1) is 0 Å². The summed E-state index contributed by atoms with van der Waals surface area (Å²) in [5.41, 5.74) is 0. The number of halogens is 2. The zero-order valence-corrected chi connectivity index (χ0v) is 11.8. The van der Waals surface area contributed by atoms with E-state index in [0.29, 0.717) is 18.7 Å². The smallest absolute Gasteiger partial charge is 0.242 e. The van der Waals surface area contributed by atoms with Crippen molar-refractivity contribution in [2.75, 3.05) is 13.7 Å². The average Bonchev–Trinajstić information content (AvgIpc) is 2.28. The first-order valence-electron chi connectivity index (χ1n) is 4.95. The molecule has 1 aromatic rings. The molecule has 0 unspecified atom stereocenters. The standard InChI is InChI=1S/C10H13Cl2NO3S/c1-3-4-13-17(14,15)10-6-7(11)9(16-2)5-8(10)12/h5-6,13H,3-4H2,1-2H3. The van der Waals surface area contributed by atoms with Gasteiger partial charge in [-0.05, 0) is 12.5 Å². The molecule has 0 heterocycles. The van der Waals surface area contributed by atoms with Crippen molar-refractivity contribution in [1.29, 1.82) is 0 Å². The van der Waals surface area contributed by atoms with E-state index in [-0.39, 0.29) is 14.9 Å². The van der Waals surface area contributed by atoms with Crippen LogP contribution in [-0.4, -0.2) is 22.1 Å². The summed E-state index contributed by atoms with van der Waals surface area (Å²) in [4.78, 5) is -0.0431. The molecule has 1 aromatic carbocycles. The maximum atomic E-state index is 11.9. The van der Waals surface area contributed by atoms with Gasteiger partial charge in [0, 0.05) is 12.6 Å². The lowest BCUT2D eigenvalue weighted by Crippen LogP contribution is -2.24. The molecule has 0 aliphatic heterocycles. The zero-order chi connectivity index (χ0) is 13.1. The Morgan fingerprint density at radius 3 is 2.47 bits per heavy atom. The van der Waals surface area contributed by atoms with Gasteiger partial charge >= 0.3 is 0 Å². The Morgan fingerprint density at radius 1 is 1.29 bits per heavy atom. The lowest BCUT2D eigenvalue weighted by molar-refractivity contribution is 0.414. The van der Waals surface area contributed by atoms with E-state index in [9.17, 15) is 8.42 Å². The van der Waals surface area contributed by atoms with E-state index in [1.54, 1.807) is 0 Å². The number of benzene rings is 1. The topological polar surface area (TPSA) is 55.4 Å². The molecule has 0 saturated heterocycles. The number of sulfonamides is 1. The van der Waals surface area contributed by atoms with Crippen molar-refractivity contribution in [2.24, 2.45) is 0 Å². The first-order valence-corrected chi connectivity index (χ1v) is 7.19.